The average Bonchev–Trinajstić information content (AvgIpc) is 3.08. The maximum atomic E-state index is 12.6. The second kappa shape index (κ2) is 10.1. The fourth-order valence-corrected chi connectivity index (χ4v) is 3.52. The summed E-state index contributed by atoms with van der Waals surface area (Å²) in [5, 5.41) is 0. The largest absolute Gasteiger partial charge is 0.443 e. The number of carbonyl (C=O) groups is 1. The molecule has 5 heteroatoms. The smallest absolute Gasteiger partial charge is 0.416 e. The molecule has 1 aromatic rings. The van der Waals surface area contributed by atoms with E-state index in [2.05, 4.69) is 29.8 Å². The molecule has 0 bridgehead atoms. The molecule has 1 unspecified atom stereocenters. The molecule has 2 rings (SSSR count). The van der Waals surface area contributed by atoms with Crippen LogP contribution in [0.2, 0.25) is 0 Å². The number of hydrogen-bond acceptors (Lipinski definition) is 4. The fourth-order valence-electron chi connectivity index (χ4n) is 3.52. The third-order valence-corrected chi connectivity index (χ3v) is 4.94. The highest BCUT2D eigenvalue weighted by atomic mass is 16.6. The Balaban J connectivity index is 2.12. The molecule has 1 amide bonds. The van der Waals surface area contributed by atoms with E-state index in [4.69, 9.17) is 4.74 Å². The van der Waals surface area contributed by atoms with Crippen LogP contribution in [-0.4, -0.2) is 41.2 Å². The zero-order valence-electron chi connectivity index (χ0n) is 17.8. The molecule has 1 fully saturated rings. The summed E-state index contributed by atoms with van der Waals surface area (Å²) in [5.74, 6) is 0.680. The third-order valence-electron chi connectivity index (χ3n) is 4.94. The highest BCUT2D eigenvalue weighted by Crippen LogP contribution is 2.32. The van der Waals surface area contributed by atoms with Gasteiger partial charge in [0.1, 0.15) is 11.4 Å². The predicted molar refractivity (Wildman–Crippen MR) is 111 cm³/mol. The average molecular weight is 376 g/mol. The summed E-state index contributed by atoms with van der Waals surface area (Å²) in [7, 11) is 0. The van der Waals surface area contributed by atoms with E-state index in [-0.39, 0.29) is 6.09 Å². The molecule has 0 radical (unpaired) electrons. The van der Waals surface area contributed by atoms with Crippen molar-refractivity contribution in [1.29, 1.82) is 0 Å². The molecule has 27 heavy (non-hydrogen) atoms. The van der Waals surface area contributed by atoms with Gasteiger partial charge in [-0.1, -0.05) is 32.8 Å². The molecule has 0 spiro atoms. The summed E-state index contributed by atoms with van der Waals surface area (Å²) < 4.78 is 5.58. The second-order valence-corrected chi connectivity index (χ2v) is 8.48. The molecule has 152 valence electrons. The molecule has 5 nitrogen and oxygen atoms in total. The van der Waals surface area contributed by atoms with Gasteiger partial charge in [-0.05, 0) is 71.2 Å². The van der Waals surface area contributed by atoms with Crippen LogP contribution in [0.5, 0.6) is 0 Å². The maximum absolute atomic E-state index is 12.6. The van der Waals surface area contributed by atoms with Gasteiger partial charge in [0, 0.05) is 18.8 Å². The number of carbonyl (C=O) groups excluding carboxylic acids is 1. The molecule has 1 atom stereocenters. The lowest BCUT2D eigenvalue weighted by Crippen LogP contribution is -2.38. The van der Waals surface area contributed by atoms with Crippen LogP contribution in [0.25, 0.3) is 0 Å². The van der Waals surface area contributed by atoms with Crippen LogP contribution in [-0.2, 0) is 4.74 Å². The van der Waals surface area contributed by atoms with Crippen molar-refractivity contribution >= 4 is 11.9 Å². The SMILES string of the molecule is CCCCN(C(=O)OC(C)(C)C)c1ccc(C2CCCN2CCCC)cn1. The van der Waals surface area contributed by atoms with Crippen molar-refractivity contribution < 1.29 is 9.53 Å². The Kier molecular flexibility index (Phi) is 8.08. The highest BCUT2D eigenvalue weighted by molar-refractivity contribution is 5.86. The minimum Gasteiger partial charge on any atom is -0.443 e. The number of rotatable bonds is 8. The Bertz CT molecular complexity index is 580. The molecular formula is C22H37N3O2. The number of aromatic nitrogens is 1. The summed E-state index contributed by atoms with van der Waals surface area (Å²) >= 11 is 0. The third kappa shape index (κ3) is 6.49. The topological polar surface area (TPSA) is 45.7 Å². The van der Waals surface area contributed by atoms with Gasteiger partial charge in [-0.25, -0.2) is 9.78 Å². The molecular weight excluding hydrogens is 338 g/mol. The van der Waals surface area contributed by atoms with Crippen LogP contribution >= 0.6 is 0 Å². The van der Waals surface area contributed by atoms with E-state index in [0.717, 1.165) is 19.4 Å². The van der Waals surface area contributed by atoms with Crippen LogP contribution in [0.1, 0.15) is 84.7 Å². The quantitative estimate of drug-likeness (QED) is 0.597. The predicted octanol–water partition coefficient (Wildman–Crippen LogP) is 5.56. The van der Waals surface area contributed by atoms with Gasteiger partial charge in [-0.3, -0.25) is 9.80 Å². The van der Waals surface area contributed by atoms with E-state index in [0.29, 0.717) is 18.4 Å². The normalized spacial score (nSPS) is 17.9. The van der Waals surface area contributed by atoms with Gasteiger partial charge < -0.3 is 4.74 Å². The molecule has 0 aromatic carbocycles. The molecule has 0 N–H and O–H groups in total. The number of nitrogens with zero attached hydrogens (tertiary/aromatic N) is 3. The summed E-state index contributed by atoms with van der Waals surface area (Å²) in [6.45, 7) is 13.0. The minimum atomic E-state index is -0.509. The number of amides is 1. The van der Waals surface area contributed by atoms with Crippen molar-refractivity contribution in [2.45, 2.75) is 84.8 Å². The summed E-state index contributed by atoms with van der Waals surface area (Å²) in [6.07, 6.45) is 8.48. The van der Waals surface area contributed by atoms with Crippen LogP contribution in [0.15, 0.2) is 18.3 Å². The maximum Gasteiger partial charge on any atom is 0.416 e. The van der Waals surface area contributed by atoms with E-state index >= 15 is 0 Å². The lowest BCUT2D eigenvalue weighted by Gasteiger charge is -2.27. The molecule has 1 aromatic heterocycles. The van der Waals surface area contributed by atoms with E-state index in [1.54, 1.807) is 4.90 Å². The Morgan fingerprint density at radius 3 is 2.59 bits per heavy atom. The molecule has 1 aliphatic rings. The Morgan fingerprint density at radius 2 is 2.00 bits per heavy atom. The first-order chi connectivity index (χ1) is 12.9. The molecule has 2 heterocycles. The minimum absolute atomic E-state index is 0.318. The van der Waals surface area contributed by atoms with Gasteiger partial charge in [0.25, 0.3) is 0 Å². The van der Waals surface area contributed by atoms with Gasteiger partial charge in [0.15, 0.2) is 0 Å². The summed E-state index contributed by atoms with van der Waals surface area (Å²) in [6, 6.07) is 4.58. The van der Waals surface area contributed by atoms with Gasteiger partial charge in [-0.2, -0.15) is 0 Å². The Hall–Kier alpha value is -1.62. The van der Waals surface area contributed by atoms with Crippen molar-refractivity contribution in [3.8, 4) is 0 Å². The van der Waals surface area contributed by atoms with Gasteiger partial charge in [0.05, 0.1) is 0 Å². The number of anilines is 1. The lowest BCUT2D eigenvalue weighted by molar-refractivity contribution is 0.0578. The van der Waals surface area contributed by atoms with Crippen LogP contribution in [0, 0.1) is 0 Å². The van der Waals surface area contributed by atoms with E-state index in [1.165, 1.54) is 37.8 Å². The first-order valence-corrected chi connectivity index (χ1v) is 10.6. The van der Waals surface area contributed by atoms with Crippen molar-refractivity contribution in [3.63, 3.8) is 0 Å². The van der Waals surface area contributed by atoms with Gasteiger partial charge in [0.2, 0.25) is 0 Å². The molecule has 0 saturated carbocycles. The van der Waals surface area contributed by atoms with Crippen LogP contribution in [0.4, 0.5) is 10.6 Å². The Labute approximate surface area is 165 Å². The fraction of sp³-hybridized carbons (Fsp3) is 0.727. The Morgan fingerprint density at radius 1 is 1.26 bits per heavy atom. The number of ether oxygens (including phenoxy) is 1. The van der Waals surface area contributed by atoms with Crippen LogP contribution in [0.3, 0.4) is 0 Å². The highest BCUT2D eigenvalue weighted by Gasteiger charge is 2.27. The first-order valence-electron chi connectivity index (χ1n) is 10.6. The zero-order chi connectivity index (χ0) is 19.9. The monoisotopic (exact) mass is 375 g/mol. The summed E-state index contributed by atoms with van der Waals surface area (Å²) in [4.78, 5) is 21.5. The van der Waals surface area contributed by atoms with Crippen molar-refractivity contribution in [1.82, 2.24) is 9.88 Å². The van der Waals surface area contributed by atoms with Crippen molar-refractivity contribution in [3.05, 3.63) is 23.9 Å². The number of unbranched alkanes of at least 4 members (excludes halogenated alkanes) is 2. The second-order valence-electron chi connectivity index (χ2n) is 8.48. The number of pyridine rings is 1. The zero-order valence-corrected chi connectivity index (χ0v) is 17.8. The number of hydrogen-bond donors (Lipinski definition) is 0. The van der Waals surface area contributed by atoms with Gasteiger partial charge >= 0.3 is 6.09 Å². The lowest BCUT2D eigenvalue weighted by atomic mass is 10.1. The molecule has 1 saturated heterocycles. The van der Waals surface area contributed by atoms with Crippen molar-refractivity contribution in [2.75, 3.05) is 24.5 Å². The van der Waals surface area contributed by atoms with Gasteiger partial charge in [-0.15, -0.1) is 0 Å². The van der Waals surface area contributed by atoms with Crippen molar-refractivity contribution in [2.24, 2.45) is 0 Å². The van der Waals surface area contributed by atoms with E-state index in [1.807, 2.05) is 33.0 Å². The van der Waals surface area contributed by atoms with E-state index in [9.17, 15) is 4.79 Å². The molecule has 0 aliphatic carbocycles. The summed E-state index contributed by atoms with van der Waals surface area (Å²) in [5.41, 5.74) is 0.748. The standard InChI is InChI=1S/C22H37N3O2/c1-6-8-14-24-15-10-11-19(24)18-12-13-20(23-17-18)25(16-9-7-2)21(26)27-22(3,4)5/h12-13,17,19H,6-11,14-16H2,1-5H3. The van der Waals surface area contributed by atoms with Crippen LogP contribution < -0.4 is 4.90 Å². The first kappa shape index (κ1) is 21.7. The molecule has 1 aliphatic heterocycles. The van der Waals surface area contributed by atoms with E-state index < -0.39 is 5.60 Å². The number of likely N-dealkylation sites (tertiary alicyclic amines) is 1.